The van der Waals surface area contributed by atoms with E-state index in [2.05, 4.69) is 82.8 Å². The summed E-state index contributed by atoms with van der Waals surface area (Å²) in [5.41, 5.74) is -0.194. The molecule has 0 radical (unpaired) electrons. The molecule has 9 aromatic heterocycles. The molecular formula is C39H38BrCl2F9LiN18S3Zn-. The first-order valence-corrected chi connectivity index (χ1v) is 24.0. The van der Waals surface area contributed by atoms with Crippen LogP contribution in [0.3, 0.4) is 0 Å². The number of thioether (sulfide) groups is 3. The molecule has 0 bridgehead atoms. The van der Waals surface area contributed by atoms with Crippen LogP contribution in [0, 0.1) is 6.33 Å². The molecule has 74 heavy (non-hydrogen) atoms. The number of halogens is 12. The molecule has 0 amide bonds. The summed E-state index contributed by atoms with van der Waals surface area (Å²) in [6.07, 6.45) is -9.21. The third-order valence-electron chi connectivity index (χ3n) is 9.89. The third kappa shape index (κ3) is 13.2. The predicted octanol–water partition coefficient (Wildman–Crippen LogP) is 3.67. The first kappa shape index (κ1) is 64.3. The summed E-state index contributed by atoms with van der Waals surface area (Å²) in [5, 5.41) is 23.3. The minimum atomic E-state index is -4.56. The molecule has 0 saturated carbocycles. The number of alkyl halides is 9. The maximum atomic E-state index is 12.8. The van der Waals surface area contributed by atoms with E-state index in [0.717, 1.165) is 50.5 Å². The van der Waals surface area contributed by atoms with E-state index in [9.17, 15) is 39.5 Å². The molecular weight excluding hydrogens is 1210 g/mol. The van der Waals surface area contributed by atoms with Crippen molar-refractivity contribution in [2.45, 2.75) is 54.4 Å². The van der Waals surface area contributed by atoms with Gasteiger partial charge in [-0.3, -0.25) is 0 Å². The van der Waals surface area contributed by atoms with Crippen LogP contribution in [0.1, 0.15) is 37.9 Å². The van der Waals surface area contributed by atoms with Crippen molar-refractivity contribution in [2.24, 2.45) is 42.3 Å². The van der Waals surface area contributed by atoms with Crippen LogP contribution in [0.4, 0.5) is 39.5 Å². The van der Waals surface area contributed by atoms with Gasteiger partial charge in [-0.2, -0.15) is 51.3 Å². The van der Waals surface area contributed by atoms with E-state index < -0.39 is 35.6 Å². The summed E-state index contributed by atoms with van der Waals surface area (Å²) in [6, 6.07) is 2.70. The average molecular weight is 1250 g/mol. The topological polar surface area (TPSA) is 184 Å². The Morgan fingerprint density at radius 3 is 1.28 bits per heavy atom. The van der Waals surface area contributed by atoms with Crippen LogP contribution in [-0.4, -0.2) is 105 Å². The smallest absolute Gasteiger partial charge is 1.00 e. The Bertz CT molecular complexity index is 3230. The molecule has 9 heterocycles. The molecule has 0 fully saturated rings. The Hall–Kier alpha value is -4.02. The van der Waals surface area contributed by atoms with Crippen molar-refractivity contribution in [2.75, 3.05) is 17.3 Å². The molecule has 390 valence electrons. The predicted molar refractivity (Wildman–Crippen MR) is 254 cm³/mol. The van der Waals surface area contributed by atoms with Crippen molar-refractivity contribution < 1.29 is 90.3 Å². The maximum absolute atomic E-state index is 12.8. The zero-order valence-electron chi connectivity index (χ0n) is 40.5. The van der Waals surface area contributed by atoms with Gasteiger partial charge in [-0.1, -0.05) is 25.8 Å². The molecule has 9 aromatic rings. The molecule has 35 heteroatoms. The van der Waals surface area contributed by atoms with Gasteiger partial charge in [-0.15, -0.1) is 66.5 Å². The van der Waals surface area contributed by atoms with Crippen molar-refractivity contribution in [1.82, 2.24) is 87.9 Å². The Balaban J connectivity index is 0.000000285. The number of rotatable bonds is 9. The molecule has 18 nitrogen and oxygen atoms in total. The summed E-state index contributed by atoms with van der Waals surface area (Å²) in [4.78, 5) is 25.8. The molecule has 0 spiro atoms. The van der Waals surface area contributed by atoms with Crippen LogP contribution in [0.5, 0.6) is 0 Å². The minimum Gasteiger partial charge on any atom is -1.00 e. The van der Waals surface area contributed by atoms with Crippen molar-refractivity contribution >= 4 is 97.1 Å². The number of hydrogen-bond donors (Lipinski definition) is 0. The van der Waals surface area contributed by atoms with Crippen LogP contribution in [-0.2, 0) is 80.3 Å². The van der Waals surface area contributed by atoms with Gasteiger partial charge in [0.1, 0.15) is 38.0 Å². The molecule has 0 aliphatic carbocycles. The molecule has 0 unspecified atom stereocenters. The van der Waals surface area contributed by atoms with E-state index in [0.29, 0.717) is 39.3 Å². The van der Waals surface area contributed by atoms with Gasteiger partial charge in [0.25, 0.3) is 0 Å². The van der Waals surface area contributed by atoms with Gasteiger partial charge >= 0.3 is 37.4 Å². The second-order valence-electron chi connectivity index (χ2n) is 14.6. The van der Waals surface area contributed by atoms with Crippen LogP contribution >= 0.6 is 63.6 Å². The number of aromatic nitrogens is 18. The number of aryl methyl sites for hydroxylation is 5. The summed E-state index contributed by atoms with van der Waals surface area (Å²) >= 11 is 8.08. The Morgan fingerprint density at radius 2 is 0.892 bits per heavy atom. The first-order chi connectivity index (χ1) is 32.9. The zero-order valence-corrected chi connectivity index (χ0v) is 49.1. The molecule has 0 atom stereocenters. The van der Waals surface area contributed by atoms with Crippen molar-refractivity contribution in [3.05, 3.63) is 52.7 Å². The first-order valence-electron chi connectivity index (χ1n) is 20.3. The van der Waals surface area contributed by atoms with Crippen molar-refractivity contribution in [3.8, 4) is 34.6 Å². The van der Waals surface area contributed by atoms with Gasteiger partial charge in [-0.25, -0.2) is 24.9 Å². The van der Waals surface area contributed by atoms with E-state index >= 15 is 0 Å². The molecule has 0 saturated heterocycles. The fourth-order valence-corrected chi connectivity index (χ4v) is 9.50. The quantitative estimate of drug-likeness (QED) is 0.0883. The second-order valence-corrected chi connectivity index (χ2v) is 19.1. The van der Waals surface area contributed by atoms with Gasteiger partial charge in [-0.05, 0) is 45.9 Å². The van der Waals surface area contributed by atoms with Gasteiger partial charge in [0.2, 0.25) is 0 Å². The number of hydrogen-bond acceptors (Lipinski definition) is 15. The number of imidazole rings is 6. The molecule has 9 rings (SSSR count). The summed E-state index contributed by atoms with van der Waals surface area (Å²) in [6.45, 7) is 6.01. The van der Waals surface area contributed by atoms with Crippen LogP contribution in [0.25, 0.3) is 68.0 Å². The van der Waals surface area contributed by atoms with E-state index in [1.807, 2.05) is 44.0 Å². The molecule has 0 N–H and O–H groups in total. The summed E-state index contributed by atoms with van der Waals surface area (Å²) in [7, 11) is 10.5. The summed E-state index contributed by atoms with van der Waals surface area (Å²) in [5.74, 6) is 3.82. The molecule has 0 aromatic carbocycles. The van der Waals surface area contributed by atoms with Gasteiger partial charge < -0.3 is 44.8 Å². The Kier molecular flexibility index (Phi) is 22.1. The fourth-order valence-electron chi connectivity index (χ4n) is 6.62. The third-order valence-corrected chi connectivity index (χ3v) is 13.7. The van der Waals surface area contributed by atoms with Gasteiger partial charge in [0.15, 0.2) is 50.4 Å². The minimum absolute atomic E-state index is 0. The van der Waals surface area contributed by atoms with Crippen LogP contribution in [0.15, 0.2) is 44.3 Å². The van der Waals surface area contributed by atoms with Gasteiger partial charge in [0, 0.05) is 79.2 Å². The molecule has 0 aliphatic heterocycles. The fraction of sp³-hybridized carbons (Fsp3) is 0.385. The number of nitrogens with zero attached hydrogens (tertiary/aromatic N) is 18. The van der Waals surface area contributed by atoms with E-state index in [4.69, 9.17) is 0 Å². The van der Waals surface area contributed by atoms with E-state index in [1.165, 1.54) is 0 Å². The van der Waals surface area contributed by atoms with E-state index in [1.54, 1.807) is 88.1 Å². The average Bonchev–Trinajstić information content (AvgIpc) is 4.14. The molecule has 0 aliphatic rings. The van der Waals surface area contributed by atoms with Gasteiger partial charge in [0.05, 0.1) is 12.2 Å². The van der Waals surface area contributed by atoms with E-state index in [-0.39, 0.29) is 96.6 Å². The maximum Gasteiger partial charge on any atom is 1.00 e. The normalized spacial score (nSPS) is 11.6. The number of fused-ring (bicyclic) bond motifs is 3. The van der Waals surface area contributed by atoms with Crippen molar-refractivity contribution in [1.29, 1.82) is 0 Å². The Morgan fingerprint density at radius 1 is 0.527 bits per heavy atom. The summed E-state index contributed by atoms with van der Waals surface area (Å²) < 4.78 is 126. The monoisotopic (exact) mass is 1250 g/mol. The van der Waals surface area contributed by atoms with Crippen molar-refractivity contribution in [3.63, 3.8) is 0 Å². The standard InChI is InChI=1S/C13H12BrF3N6S.C13H13F3N6S.C13H12F3N6S.2ClH.Li.Zn/c1-4-24-11-8(19-12(14)23(11)3)10-18-6-5-7(13(15,16)17)20-21-9(6)22(10)2;2*1-4-23-12-9(17-6-21(12)2)11-18-7-5-8(13(14,15)16)19-20-10(7)22(11)3;;;;/h5H,4H2,1-3H3;5-6H,4H2,1-3H3;5H,4H2,1-3H3;2*1H;;/q;;-1;;;+1;/p-1. The largest absolute Gasteiger partial charge is 1.00 e. The van der Waals surface area contributed by atoms with Crippen LogP contribution < -0.4 is 31.3 Å². The second kappa shape index (κ2) is 25.4. The zero-order chi connectivity index (χ0) is 51.2. The van der Waals surface area contributed by atoms with Crippen LogP contribution in [0.2, 0.25) is 0 Å². The SMILES string of the molecule is CCSc1c(-c2nc3cc(C(F)(F)F)nnc3n2C)n[c-]n1C.CCSc1c(-c2nc3cc(C(F)(F)F)nnc3n2C)nc(Br)n1C.CCSc1c(-c2nc3cc(C(F)(F)F)nnc3n2C)ncn1C.Cl.[Cl-].[Li+].[Zn]. The Labute approximate surface area is 473 Å².